The van der Waals surface area contributed by atoms with Crippen molar-refractivity contribution in [1.29, 1.82) is 0 Å². The van der Waals surface area contributed by atoms with Gasteiger partial charge in [0, 0.05) is 23.4 Å². The van der Waals surface area contributed by atoms with Crippen LogP contribution >= 0.6 is 15.9 Å². The second kappa shape index (κ2) is 3.95. The number of rotatable bonds is 2. The highest BCUT2D eigenvalue weighted by molar-refractivity contribution is 9.10. The van der Waals surface area contributed by atoms with E-state index in [0.29, 0.717) is 25.9 Å². The molecule has 2 aliphatic rings. The molecule has 1 aliphatic heterocycles. The molecule has 2 N–H and O–H groups in total. The molecule has 2 nitrogen and oxygen atoms in total. The van der Waals surface area contributed by atoms with Crippen LogP contribution in [-0.4, -0.2) is 18.3 Å². The Hall–Kier alpha value is -0.610. The molecule has 0 bridgehead atoms. The topological polar surface area (TPSA) is 35.2 Å². The SMILES string of the molecule is NC1CC(F)(Cc2cc(Br)cc3c2OCC3)C1. The largest absolute Gasteiger partial charge is 0.493 e. The maximum absolute atomic E-state index is 14.3. The zero-order chi connectivity index (χ0) is 12.0. The summed E-state index contributed by atoms with van der Waals surface area (Å²) in [5.41, 5.74) is 6.70. The maximum atomic E-state index is 14.3. The van der Waals surface area contributed by atoms with Gasteiger partial charge in [0.15, 0.2) is 0 Å². The molecule has 17 heavy (non-hydrogen) atoms. The number of benzene rings is 1. The highest BCUT2D eigenvalue weighted by Gasteiger charge is 2.43. The minimum absolute atomic E-state index is 0.0288. The molecule has 0 radical (unpaired) electrons. The number of hydrogen-bond donors (Lipinski definition) is 1. The predicted molar refractivity (Wildman–Crippen MR) is 68.1 cm³/mol. The van der Waals surface area contributed by atoms with Crippen LogP contribution in [0.15, 0.2) is 16.6 Å². The quantitative estimate of drug-likeness (QED) is 0.911. The summed E-state index contributed by atoms with van der Waals surface area (Å²) in [5.74, 6) is 0.894. The van der Waals surface area contributed by atoms with Crippen molar-refractivity contribution >= 4 is 15.9 Å². The molecule has 1 saturated carbocycles. The molecule has 0 atom stereocenters. The Labute approximate surface area is 108 Å². The summed E-state index contributed by atoms with van der Waals surface area (Å²) in [5, 5.41) is 0. The van der Waals surface area contributed by atoms with E-state index in [-0.39, 0.29) is 6.04 Å². The van der Waals surface area contributed by atoms with Gasteiger partial charge in [-0.05, 0) is 36.1 Å². The highest BCUT2D eigenvalue weighted by Crippen LogP contribution is 2.42. The van der Waals surface area contributed by atoms with Gasteiger partial charge in [-0.3, -0.25) is 0 Å². The summed E-state index contributed by atoms with van der Waals surface area (Å²) < 4.78 is 20.9. The number of halogens is 2. The standard InChI is InChI=1S/C13H15BrFNO/c14-10-3-8-1-2-17-12(8)9(4-10)5-13(15)6-11(16)7-13/h3-4,11H,1-2,5-7,16H2. The van der Waals surface area contributed by atoms with Crippen LogP contribution in [0.1, 0.15) is 24.0 Å². The van der Waals surface area contributed by atoms with E-state index in [9.17, 15) is 4.39 Å². The Kier molecular flexibility index (Phi) is 2.67. The third-order valence-corrected chi connectivity index (χ3v) is 4.05. The molecular formula is C13H15BrFNO. The minimum atomic E-state index is -1.13. The van der Waals surface area contributed by atoms with Crippen LogP contribution < -0.4 is 10.5 Å². The van der Waals surface area contributed by atoms with Crippen LogP contribution in [0.25, 0.3) is 0 Å². The van der Waals surface area contributed by atoms with Crippen molar-refractivity contribution < 1.29 is 9.13 Å². The first-order valence-corrected chi connectivity index (χ1v) is 6.74. The molecule has 3 rings (SSSR count). The lowest BCUT2D eigenvalue weighted by molar-refractivity contribution is 0.0438. The lowest BCUT2D eigenvalue weighted by atomic mass is 9.74. The summed E-state index contributed by atoms with van der Waals surface area (Å²) in [6.07, 6.45) is 2.27. The molecular weight excluding hydrogens is 285 g/mol. The molecule has 0 saturated heterocycles. The monoisotopic (exact) mass is 299 g/mol. The number of hydrogen-bond acceptors (Lipinski definition) is 2. The van der Waals surface area contributed by atoms with Gasteiger partial charge in [0.2, 0.25) is 0 Å². The molecule has 0 spiro atoms. The fourth-order valence-electron chi connectivity index (χ4n) is 2.84. The normalized spacial score (nSPS) is 30.6. The fourth-order valence-corrected chi connectivity index (χ4v) is 3.40. The van der Waals surface area contributed by atoms with Gasteiger partial charge in [-0.2, -0.15) is 0 Å². The van der Waals surface area contributed by atoms with E-state index in [1.165, 1.54) is 5.56 Å². The molecule has 1 aliphatic carbocycles. The molecule has 1 fully saturated rings. The number of fused-ring (bicyclic) bond motifs is 1. The van der Waals surface area contributed by atoms with E-state index in [2.05, 4.69) is 22.0 Å². The average Bonchev–Trinajstić information content (AvgIpc) is 2.62. The van der Waals surface area contributed by atoms with Gasteiger partial charge in [0.1, 0.15) is 11.4 Å². The van der Waals surface area contributed by atoms with Gasteiger partial charge in [-0.15, -0.1) is 0 Å². The van der Waals surface area contributed by atoms with Gasteiger partial charge in [-0.1, -0.05) is 15.9 Å². The van der Waals surface area contributed by atoms with Crippen LogP contribution in [-0.2, 0) is 12.8 Å². The van der Waals surface area contributed by atoms with E-state index in [4.69, 9.17) is 10.5 Å². The Morgan fingerprint density at radius 2 is 2.24 bits per heavy atom. The molecule has 0 aromatic heterocycles. The molecule has 1 aromatic rings. The average molecular weight is 300 g/mol. The van der Waals surface area contributed by atoms with Gasteiger partial charge in [-0.25, -0.2) is 4.39 Å². The van der Waals surface area contributed by atoms with E-state index in [0.717, 1.165) is 22.2 Å². The lowest BCUT2D eigenvalue weighted by Crippen LogP contribution is -2.49. The highest BCUT2D eigenvalue weighted by atomic mass is 79.9. The zero-order valence-corrected chi connectivity index (χ0v) is 11.1. The van der Waals surface area contributed by atoms with E-state index >= 15 is 0 Å². The predicted octanol–water partition coefficient (Wildman–Crippen LogP) is 2.76. The van der Waals surface area contributed by atoms with Crippen molar-refractivity contribution in [3.05, 3.63) is 27.7 Å². The molecule has 0 amide bonds. The van der Waals surface area contributed by atoms with Crippen LogP contribution in [0.2, 0.25) is 0 Å². The van der Waals surface area contributed by atoms with E-state index < -0.39 is 5.67 Å². The van der Waals surface area contributed by atoms with Crippen molar-refractivity contribution in [2.24, 2.45) is 5.73 Å². The first-order chi connectivity index (χ1) is 8.06. The number of ether oxygens (including phenoxy) is 1. The van der Waals surface area contributed by atoms with Crippen molar-refractivity contribution in [2.45, 2.75) is 37.4 Å². The molecule has 92 valence electrons. The van der Waals surface area contributed by atoms with Gasteiger partial charge < -0.3 is 10.5 Å². The Morgan fingerprint density at radius 1 is 1.47 bits per heavy atom. The number of alkyl halides is 1. The molecule has 1 heterocycles. The summed E-state index contributed by atoms with van der Waals surface area (Å²) in [6, 6.07) is 4.06. The molecule has 0 unspecified atom stereocenters. The van der Waals surface area contributed by atoms with E-state index in [1.54, 1.807) is 0 Å². The van der Waals surface area contributed by atoms with Crippen molar-refractivity contribution in [1.82, 2.24) is 0 Å². The fraction of sp³-hybridized carbons (Fsp3) is 0.538. The van der Waals surface area contributed by atoms with Gasteiger partial charge >= 0.3 is 0 Å². The van der Waals surface area contributed by atoms with Crippen LogP contribution in [0, 0.1) is 0 Å². The summed E-state index contributed by atoms with van der Waals surface area (Å²) >= 11 is 3.47. The van der Waals surface area contributed by atoms with Gasteiger partial charge in [0.05, 0.1) is 6.61 Å². The van der Waals surface area contributed by atoms with Crippen LogP contribution in [0.5, 0.6) is 5.75 Å². The smallest absolute Gasteiger partial charge is 0.126 e. The van der Waals surface area contributed by atoms with Crippen LogP contribution in [0.3, 0.4) is 0 Å². The third kappa shape index (κ3) is 2.08. The second-order valence-electron chi connectivity index (χ2n) is 5.15. The summed E-state index contributed by atoms with van der Waals surface area (Å²) in [6.45, 7) is 0.706. The maximum Gasteiger partial charge on any atom is 0.126 e. The first kappa shape index (κ1) is 11.5. The molecule has 1 aromatic carbocycles. The van der Waals surface area contributed by atoms with Crippen molar-refractivity contribution in [2.75, 3.05) is 6.61 Å². The Morgan fingerprint density at radius 3 is 2.94 bits per heavy atom. The Bertz CT molecular complexity index is 457. The van der Waals surface area contributed by atoms with E-state index in [1.807, 2.05) is 6.07 Å². The van der Waals surface area contributed by atoms with Crippen LogP contribution in [0.4, 0.5) is 4.39 Å². The first-order valence-electron chi connectivity index (χ1n) is 5.94. The van der Waals surface area contributed by atoms with Crippen molar-refractivity contribution in [3.63, 3.8) is 0 Å². The summed E-state index contributed by atoms with van der Waals surface area (Å²) in [7, 11) is 0. The van der Waals surface area contributed by atoms with Crippen molar-refractivity contribution in [3.8, 4) is 5.75 Å². The zero-order valence-electron chi connectivity index (χ0n) is 9.51. The third-order valence-electron chi connectivity index (χ3n) is 3.59. The Balaban J connectivity index is 1.88. The molecule has 4 heteroatoms. The minimum Gasteiger partial charge on any atom is -0.493 e. The number of nitrogens with two attached hydrogens (primary N) is 1. The summed E-state index contributed by atoms with van der Waals surface area (Å²) in [4.78, 5) is 0. The lowest BCUT2D eigenvalue weighted by Gasteiger charge is -2.39. The van der Waals surface area contributed by atoms with Gasteiger partial charge in [0.25, 0.3) is 0 Å². The second-order valence-corrected chi connectivity index (χ2v) is 6.06.